The average molecular weight is 219 g/mol. The van der Waals surface area contributed by atoms with Gasteiger partial charge in [-0.2, -0.15) is 5.26 Å². The highest BCUT2D eigenvalue weighted by molar-refractivity contribution is 5.92. The van der Waals surface area contributed by atoms with Gasteiger partial charge in [0.1, 0.15) is 11.8 Å². The van der Waals surface area contributed by atoms with E-state index in [2.05, 4.69) is 10.3 Å². The number of nitrogens with one attached hydrogen (secondary N) is 1. The molecule has 0 saturated carbocycles. The number of carbonyl (C=O) groups is 1. The Morgan fingerprint density at radius 3 is 2.94 bits per heavy atom. The number of rotatable bonds is 4. The first-order valence-electron chi connectivity index (χ1n) is 4.95. The summed E-state index contributed by atoms with van der Waals surface area (Å²) in [6.45, 7) is 1.83. The summed E-state index contributed by atoms with van der Waals surface area (Å²) in [6, 6.07) is 4.86. The summed E-state index contributed by atoms with van der Waals surface area (Å²) in [5.41, 5.74) is 0.684. The molecule has 1 aromatic rings. The molecule has 0 aromatic carbocycles. The predicted octanol–water partition coefficient (Wildman–Crippen LogP) is 0.454. The third kappa shape index (κ3) is 3.33. The first kappa shape index (κ1) is 12.1. The normalized spacial score (nSPS) is 11.6. The second-order valence-corrected chi connectivity index (χ2v) is 3.43. The van der Waals surface area contributed by atoms with E-state index in [4.69, 9.17) is 10.4 Å². The van der Waals surface area contributed by atoms with Crippen LogP contribution in [0.5, 0.6) is 0 Å². The van der Waals surface area contributed by atoms with Crippen LogP contribution in [0.25, 0.3) is 0 Å². The highest BCUT2D eigenvalue weighted by atomic mass is 16.3. The quantitative estimate of drug-likeness (QED) is 0.770. The average Bonchev–Trinajstić information content (AvgIpc) is 2.29. The molecule has 0 bridgehead atoms. The number of amides is 1. The van der Waals surface area contributed by atoms with Crippen LogP contribution in [0.15, 0.2) is 18.3 Å². The van der Waals surface area contributed by atoms with Crippen molar-refractivity contribution in [1.82, 2.24) is 10.3 Å². The molecule has 1 unspecified atom stereocenters. The molecule has 5 nitrogen and oxygen atoms in total. The first-order chi connectivity index (χ1) is 7.67. The van der Waals surface area contributed by atoms with Crippen LogP contribution in [0.1, 0.15) is 29.4 Å². The third-order valence-electron chi connectivity index (χ3n) is 2.06. The molecule has 16 heavy (non-hydrogen) atoms. The molecular weight excluding hydrogens is 206 g/mol. The number of aromatic nitrogens is 1. The van der Waals surface area contributed by atoms with Crippen molar-refractivity contribution in [3.05, 3.63) is 29.6 Å². The Balaban J connectivity index is 2.63. The Labute approximate surface area is 93.7 Å². The Kier molecular flexibility index (Phi) is 4.42. The van der Waals surface area contributed by atoms with Gasteiger partial charge in [-0.25, -0.2) is 4.98 Å². The molecule has 0 saturated heterocycles. The number of pyridine rings is 1. The SMILES string of the molecule is CC(CCO)NC(=O)c1ccc(C#N)cn1. The van der Waals surface area contributed by atoms with Crippen LogP contribution in [-0.4, -0.2) is 28.6 Å². The van der Waals surface area contributed by atoms with Crippen molar-refractivity contribution in [2.45, 2.75) is 19.4 Å². The second-order valence-electron chi connectivity index (χ2n) is 3.43. The van der Waals surface area contributed by atoms with Crippen LogP contribution < -0.4 is 5.32 Å². The van der Waals surface area contributed by atoms with Crippen LogP contribution in [0.4, 0.5) is 0 Å². The summed E-state index contributed by atoms with van der Waals surface area (Å²) >= 11 is 0. The molecule has 1 atom stereocenters. The fraction of sp³-hybridized carbons (Fsp3) is 0.364. The largest absolute Gasteiger partial charge is 0.396 e. The fourth-order valence-corrected chi connectivity index (χ4v) is 1.16. The van der Waals surface area contributed by atoms with Crippen molar-refractivity contribution in [2.24, 2.45) is 0 Å². The zero-order valence-electron chi connectivity index (χ0n) is 8.97. The predicted molar refractivity (Wildman–Crippen MR) is 57.6 cm³/mol. The minimum atomic E-state index is -0.301. The van der Waals surface area contributed by atoms with Gasteiger partial charge in [-0.05, 0) is 25.5 Å². The zero-order valence-corrected chi connectivity index (χ0v) is 8.97. The molecule has 0 fully saturated rings. The monoisotopic (exact) mass is 219 g/mol. The summed E-state index contributed by atoms with van der Waals surface area (Å²) < 4.78 is 0. The van der Waals surface area contributed by atoms with Gasteiger partial charge < -0.3 is 10.4 Å². The number of hydrogen-bond donors (Lipinski definition) is 2. The molecule has 2 N–H and O–H groups in total. The molecule has 0 aliphatic carbocycles. The molecule has 5 heteroatoms. The molecule has 0 aliphatic rings. The van der Waals surface area contributed by atoms with E-state index >= 15 is 0 Å². The van der Waals surface area contributed by atoms with Gasteiger partial charge in [0, 0.05) is 18.8 Å². The molecule has 1 amide bonds. The van der Waals surface area contributed by atoms with E-state index in [1.54, 1.807) is 13.0 Å². The first-order valence-corrected chi connectivity index (χ1v) is 4.95. The van der Waals surface area contributed by atoms with Crippen molar-refractivity contribution in [3.63, 3.8) is 0 Å². The van der Waals surface area contributed by atoms with Gasteiger partial charge in [0.25, 0.3) is 5.91 Å². The lowest BCUT2D eigenvalue weighted by Crippen LogP contribution is -2.33. The summed E-state index contributed by atoms with van der Waals surface area (Å²) in [5.74, 6) is -0.301. The summed E-state index contributed by atoms with van der Waals surface area (Å²) in [7, 11) is 0. The number of hydrogen-bond acceptors (Lipinski definition) is 4. The molecular formula is C11H13N3O2. The third-order valence-corrected chi connectivity index (χ3v) is 2.06. The van der Waals surface area contributed by atoms with Crippen molar-refractivity contribution in [1.29, 1.82) is 5.26 Å². The smallest absolute Gasteiger partial charge is 0.270 e. The van der Waals surface area contributed by atoms with Crippen molar-refractivity contribution >= 4 is 5.91 Å². The summed E-state index contributed by atoms with van der Waals surface area (Å²) in [5, 5.41) is 19.9. The van der Waals surface area contributed by atoms with Crippen LogP contribution in [0, 0.1) is 11.3 Å². The van der Waals surface area contributed by atoms with Crippen LogP contribution >= 0.6 is 0 Å². The molecule has 1 rings (SSSR count). The molecule has 0 aliphatic heterocycles. The van der Waals surface area contributed by atoms with Gasteiger partial charge in [-0.3, -0.25) is 4.79 Å². The zero-order chi connectivity index (χ0) is 12.0. The minimum Gasteiger partial charge on any atom is -0.396 e. The van der Waals surface area contributed by atoms with Gasteiger partial charge in [0.2, 0.25) is 0 Å². The van der Waals surface area contributed by atoms with Crippen LogP contribution in [0.2, 0.25) is 0 Å². The Hall–Kier alpha value is -1.93. The number of nitrogens with zero attached hydrogens (tertiary/aromatic N) is 2. The van der Waals surface area contributed by atoms with Crippen molar-refractivity contribution in [3.8, 4) is 6.07 Å². The Bertz CT molecular complexity index is 395. The van der Waals surface area contributed by atoms with E-state index in [1.807, 2.05) is 6.07 Å². The van der Waals surface area contributed by atoms with Gasteiger partial charge >= 0.3 is 0 Å². The van der Waals surface area contributed by atoms with Gasteiger partial charge in [0.15, 0.2) is 0 Å². The van der Waals surface area contributed by atoms with Crippen LogP contribution in [-0.2, 0) is 0 Å². The van der Waals surface area contributed by atoms with Crippen molar-refractivity contribution in [2.75, 3.05) is 6.61 Å². The lowest BCUT2D eigenvalue weighted by molar-refractivity contribution is 0.0929. The maximum absolute atomic E-state index is 11.6. The number of nitriles is 1. The lowest BCUT2D eigenvalue weighted by Gasteiger charge is -2.11. The Morgan fingerprint density at radius 2 is 2.44 bits per heavy atom. The maximum atomic E-state index is 11.6. The van der Waals surface area contributed by atoms with E-state index in [9.17, 15) is 4.79 Å². The fourth-order valence-electron chi connectivity index (χ4n) is 1.16. The standard InChI is InChI=1S/C11H13N3O2/c1-8(4-5-15)14-11(16)10-3-2-9(6-12)7-13-10/h2-3,7-8,15H,4-5H2,1H3,(H,14,16). The van der Waals surface area contributed by atoms with Crippen molar-refractivity contribution < 1.29 is 9.90 Å². The topological polar surface area (TPSA) is 86.0 Å². The van der Waals surface area contributed by atoms with E-state index in [0.29, 0.717) is 12.0 Å². The number of carbonyl (C=O) groups excluding carboxylic acids is 1. The van der Waals surface area contributed by atoms with Gasteiger partial charge in [-0.1, -0.05) is 0 Å². The van der Waals surface area contributed by atoms with Crippen LogP contribution in [0.3, 0.4) is 0 Å². The summed E-state index contributed by atoms with van der Waals surface area (Å²) in [4.78, 5) is 15.5. The van der Waals surface area contributed by atoms with Gasteiger partial charge in [-0.15, -0.1) is 0 Å². The highest BCUT2D eigenvalue weighted by Crippen LogP contribution is 2.00. The molecule has 0 radical (unpaired) electrons. The molecule has 84 valence electrons. The number of aliphatic hydroxyl groups is 1. The molecule has 0 spiro atoms. The molecule has 1 aromatic heterocycles. The Morgan fingerprint density at radius 1 is 1.69 bits per heavy atom. The van der Waals surface area contributed by atoms with E-state index in [0.717, 1.165) is 0 Å². The van der Waals surface area contributed by atoms with Gasteiger partial charge in [0.05, 0.1) is 5.56 Å². The van der Waals surface area contributed by atoms with E-state index < -0.39 is 0 Å². The van der Waals surface area contributed by atoms with E-state index in [1.165, 1.54) is 12.3 Å². The number of aliphatic hydroxyl groups excluding tert-OH is 1. The molecule has 1 heterocycles. The van der Waals surface area contributed by atoms with E-state index in [-0.39, 0.29) is 24.2 Å². The minimum absolute atomic E-state index is 0.0300. The maximum Gasteiger partial charge on any atom is 0.270 e. The summed E-state index contributed by atoms with van der Waals surface area (Å²) in [6.07, 6.45) is 1.85. The highest BCUT2D eigenvalue weighted by Gasteiger charge is 2.10. The second kappa shape index (κ2) is 5.83. The lowest BCUT2D eigenvalue weighted by atomic mass is 10.2.